The molecule has 0 saturated heterocycles. The highest BCUT2D eigenvalue weighted by atomic mass is 19.1. The van der Waals surface area contributed by atoms with Gasteiger partial charge in [-0.25, -0.2) is 4.39 Å². The molecule has 0 bridgehead atoms. The van der Waals surface area contributed by atoms with Gasteiger partial charge in [0.1, 0.15) is 12.1 Å². The highest BCUT2D eigenvalue weighted by Gasteiger charge is 2.07. The van der Waals surface area contributed by atoms with Gasteiger partial charge in [-0.1, -0.05) is 12.1 Å². The maximum absolute atomic E-state index is 13.1. The summed E-state index contributed by atoms with van der Waals surface area (Å²) in [4.78, 5) is 20.7. The summed E-state index contributed by atoms with van der Waals surface area (Å²) in [6.45, 7) is 1.75. The first-order chi connectivity index (χ1) is 6.70. The number of halogens is 1. The minimum Gasteiger partial charge on any atom is -0.299 e. The molecule has 2 nitrogen and oxygen atoms in total. The Morgan fingerprint density at radius 3 is 2.50 bits per heavy atom. The van der Waals surface area contributed by atoms with E-state index in [2.05, 4.69) is 0 Å². The van der Waals surface area contributed by atoms with Crippen molar-refractivity contribution >= 4 is 18.6 Å². The van der Waals surface area contributed by atoms with E-state index in [1.54, 1.807) is 13.0 Å². The molecule has 0 fully saturated rings. The van der Waals surface area contributed by atoms with Crippen molar-refractivity contribution in [3.63, 3.8) is 0 Å². The zero-order valence-electron chi connectivity index (χ0n) is 7.66. The minimum absolute atomic E-state index is 0.0110. The van der Waals surface area contributed by atoms with Crippen molar-refractivity contribution < 1.29 is 14.0 Å². The Balaban J connectivity index is 3.36. The average molecular weight is 192 g/mol. The molecule has 0 atom stereocenters. The summed E-state index contributed by atoms with van der Waals surface area (Å²) in [5.41, 5.74) is 1.20. The summed E-state index contributed by atoms with van der Waals surface area (Å²) in [6.07, 6.45) is 3.69. The van der Waals surface area contributed by atoms with Crippen LogP contribution in [0.15, 0.2) is 18.2 Å². The maximum Gasteiger partial charge on any atom is 0.153 e. The summed E-state index contributed by atoms with van der Waals surface area (Å²) in [7, 11) is 0. The summed E-state index contributed by atoms with van der Waals surface area (Å²) in [6, 6.07) is 2.80. The second-order valence-electron chi connectivity index (χ2n) is 2.80. The SMILES string of the molecule is Cc1ccc(F)c(C=O)c1C=CC=O. The van der Waals surface area contributed by atoms with E-state index in [0.29, 0.717) is 18.1 Å². The van der Waals surface area contributed by atoms with Gasteiger partial charge in [-0.15, -0.1) is 0 Å². The zero-order valence-corrected chi connectivity index (χ0v) is 7.66. The van der Waals surface area contributed by atoms with E-state index in [-0.39, 0.29) is 5.56 Å². The van der Waals surface area contributed by atoms with Gasteiger partial charge < -0.3 is 0 Å². The molecule has 1 aromatic rings. The van der Waals surface area contributed by atoms with Gasteiger partial charge >= 0.3 is 0 Å². The first-order valence-corrected chi connectivity index (χ1v) is 4.07. The third kappa shape index (κ3) is 1.93. The molecule has 0 unspecified atom stereocenters. The summed E-state index contributed by atoms with van der Waals surface area (Å²) >= 11 is 0. The molecule has 0 heterocycles. The van der Waals surface area contributed by atoms with Crippen LogP contribution in [-0.2, 0) is 4.79 Å². The smallest absolute Gasteiger partial charge is 0.153 e. The van der Waals surface area contributed by atoms with E-state index >= 15 is 0 Å². The lowest BCUT2D eigenvalue weighted by Gasteiger charge is -2.04. The van der Waals surface area contributed by atoms with E-state index < -0.39 is 5.82 Å². The summed E-state index contributed by atoms with van der Waals surface area (Å²) < 4.78 is 13.1. The number of allylic oxidation sites excluding steroid dienone is 1. The van der Waals surface area contributed by atoms with Crippen LogP contribution in [0.3, 0.4) is 0 Å². The molecule has 0 aliphatic heterocycles. The van der Waals surface area contributed by atoms with Gasteiger partial charge in [0, 0.05) is 0 Å². The molecule has 0 aliphatic rings. The van der Waals surface area contributed by atoms with Crippen molar-refractivity contribution in [1.29, 1.82) is 0 Å². The molecule has 14 heavy (non-hydrogen) atoms. The Morgan fingerprint density at radius 2 is 1.93 bits per heavy atom. The van der Waals surface area contributed by atoms with Gasteiger partial charge in [-0.2, -0.15) is 0 Å². The first-order valence-electron chi connectivity index (χ1n) is 4.07. The Labute approximate surface area is 81.1 Å². The average Bonchev–Trinajstić information content (AvgIpc) is 2.19. The fourth-order valence-electron chi connectivity index (χ4n) is 1.20. The predicted molar refractivity (Wildman–Crippen MR) is 51.6 cm³/mol. The van der Waals surface area contributed by atoms with Crippen LogP contribution in [-0.4, -0.2) is 12.6 Å². The summed E-state index contributed by atoms with van der Waals surface area (Å²) in [5.74, 6) is -0.573. The molecule has 1 aromatic carbocycles. The normalized spacial score (nSPS) is 10.4. The van der Waals surface area contributed by atoms with Crippen LogP contribution < -0.4 is 0 Å². The van der Waals surface area contributed by atoms with Crippen LogP contribution >= 0.6 is 0 Å². The third-order valence-electron chi connectivity index (χ3n) is 1.91. The summed E-state index contributed by atoms with van der Waals surface area (Å²) in [5, 5.41) is 0. The van der Waals surface area contributed by atoms with Crippen LogP contribution in [0.2, 0.25) is 0 Å². The number of hydrogen-bond donors (Lipinski definition) is 0. The molecule has 0 N–H and O–H groups in total. The standard InChI is InChI=1S/C11H9FO2/c1-8-4-5-11(12)10(7-14)9(8)3-2-6-13/h2-7H,1H3. The lowest BCUT2D eigenvalue weighted by Crippen LogP contribution is -1.95. The van der Waals surface area contributed by atoms with E-state index in [0.717, 1.165) is 5.56 Å². The van der Waals surface area contributed by atoms with Crippen LogP contribution in [0.4, 0.5) is 4.39 Å². The van der Waals surface area contributed by atoms with Gasteiger partial charge in [-0.05, 0) is 30.2 Å². The highest BCUT2D eigenvalue weighted by Crippen LogP contribution is 2.17. The van der Waals surface area contributed by atoms with Crippen molar-refractivity contribution in [1.82, 2.24) is 0 Å². The minimum atomic E-state index is -0.573. The lowest BCUT2D eigenvalue weighted by atomic mass is 10.0. The van der Waals surface area contributed by atoms with E-state index in [1.165, 1.54) is 18.2 Å². The molecule has 0 saturated carbocycles. The predicted octanol–water partition coefficient (Wildman–Crippen LogP) is 2.16. The fraction of sp³-hybridized carbons (Fsp3) is 0.0909. The number of hydrogen-bond acceptors (Lipinski definition) is 2. The Bertz CT molecular complexity index is 395. The fourth-order valence-corrected chi connectivity index (χ4v) is 1.20. The Hall–Kier alpha value is -1.77. The number of aryl methyl sites for hydroxylation is 1. The molecular formula is C11H9FO2. The molecule has 0 radical (unpaired) electrons. The van der Waals surface area contributed by atoms with Gasteiger partial charge in [0.05, 0.1) is 5.56 Å². The second-order valence-corrected chi connectivity index (χ2v) is 2.80. The van der Waals surface area contributed by atoms with Crippen molar-refractivity contribution in [2.75, 3.05) is 0 Å². The molecule has 0 aromatic heterocycles. The Kier molecular flexibility index (Phi) is 3.29. The van der Waals surface area contributed by atoms with Crippen molar-refractivity contribution in [3.05, 3.63) is 40.7 Å². The van der Waals surface area contributed by atoms with Crippen LogP contribution in [0.1, 0.15) is 21.5 Å². The van der Waals surface area contributed by atoms with Crippen LogP contribution in [0.25, 0.3) is 6.08 Å². The van der Waals surface area contributed by atoms with Gasteiger partial charge in [-0.3, -0.25) is 9.59 Å². The van der Waals surface area contributed by atoms with Crippen molar-refractivity contribution in [2.24, 2.45) is 0 Å². The van der Waals surface area contributed by atoms with E-state index in [4.69, 9.17) is 0 Å². The number of carbonyl (C=O) groups excluding carboxylic acids is 2. The third-order valence-corrected chi connectivity index (χ3v) is 1.91. The van der Waals surface area contributed by atoms with E-state index in [1.807, 2.05) is 0 Å². The maximum atomic E-state index is 13.1. The van der Waals surface area contributed by atoms with Crippen molar-refractivity contribution in [3.8, 4) is 0 Å². The number of aldehydes is 2. The molecule has 3 heteroatoms. The Morgan fingerprint density at radius 1 is 1.21 bits per heavy atom. The largest absolute Gasteiger partial charge is 0.299 e. The molecule has 0 spiro atoms. The molecule has 0 amide bonds. The van der Waals surface area contributed by atoms with E-state index in [9.17, 15) is 14.0 Å². The monoisotopic (exact) mass is 192 g/mol. The van der Waals surface area contributed by atoms with Crippen LogP contribution in [0.5, 0.6) is 0 Å². The topological polar surface area (TPSA) is 34.1 Å². The molecule has 0 aliphatic carbocycles. The number of rotatable bonds is 3. The molecule has 72 valence electrons. The zero-order chi connectivity index (χ0) is 10.6. The lowest BCUT2D eigenvalue weighted by molar-refractivity contribution is -0.104. The quantitative estimate of drug-likeness (QED) is 0.543. The van der Waals surface area contributed by atoms with Gasteiger partial charge in [0.15, 0.2) is 6.29 Å². The highest BCUT2D eigenvalue weighted by molar-refractivity contribution is 5.86. The number of benzene rings is 1. The van der Waals surface area contributed by atoms with Gasteiger partial charge in [0.2, 0.25) is 0 Å². The molecule has 1 rings (SSSR count). The second kappa shape index (κ2) is 4.46. The first kappa shape index (κ1) is 10.3. The van der Waals surface area contributed by atoms with Crippen molar-refractivity contribution in [2.45, 2.75) is 6.92 Å². The van der Waals surface area contributed by atoms with Crippen LogP contribution in [0, 0.1) is 12.7 Å². The van der Waals surface area contributed by atoms with Gasteiger partial charge in [0.25, 0.3) is 0 Å². The molecular weight excluding hydrogens is 183 g/mol. The number of carbonyl (C=O) groups is 2.